The fraction of sp³-hybridized carbons (Fsp3) is 0.722. The number of sulfone groups is 1. The molecule has 1 saturated heterocycles. The van der Waals surface area contributed by atoms with Crippen LogP contribution in [0.4, 0.5) is 4.79 Å². The van der Waals surface area contributed by atoms with Crippen LogP contribution in [0.5, 0.6) is 0 Å². The molecule has 10 heteroatoms. The number of aromatic amines is 1. The Morgan fingerprint density at radius 1 is 1.32 bits per heavy atom. The van der Waals surface area contributed by atoms with E-state index in [2.05, 4.69) is 14.9 Å². The smallest absolute Gasteiger partial charge is 0.410 e. The van der Waals surface area contributed by atoms with Gasteiger partial charge in [0.2, 0.25) is 15.0 Å². The molecule has 3 rings (SSSR count). The molecule has 1 aromatic heterocycles. The summed E-state index contributed by atoms with van der Waals surface area (Å²) in [4.78, 5) is 35.2. The van der Waals surface area contributed by atoms with Crippen LogP contribution < -0.4 is 5.56 Å². The molecule has 156 valence electrons. The van der Waals surface area contributed by atoms with Crippen LogP contribution >= 0.6 is 0 Å². The Kier molecular flexibility index (Phi) is 5.55. The van der Waals surface area contributed by atoms with E-state index < -0.39 is 21.0 Å². The highest BCUT2D eigenvalue weighted by molar-refractivity contribution is 7.90. The van der Waals surface area contributed by atoms with Gasteiger partial charge >= 0.3 is 6.09 Å². The molecule has 9 nitrogen and oxygen atoms in total. The summed E-state index contributed by atoms with van der Waals surface area (Å²) >= 11 is 0. The summed E-state index contributed by atoms with van der Waals surface area (Å²) in [5, 5.41) is -0.281. The van der Waals surface area contributed by atoms with Gasteiger partial charge in [-0.25, -0.2) is 18.2 Å². The highest BCUT2D eigenvalue weighted by Gasteiger charge is 2.34. The molecule has 2 aliphatic heterocycles. The fourth-order valence-corrected chi connectivity index (χ4v) is 4.23. The van der Waals surface area contributed by atoms with Crippen LogP contribution in [-0.4, -0.2) is 71.8 Å². The van der Waals surface area contributed by atoms with Crippen molar-refractivity contribution in [2.45, 2.75) is 63.4 Å². The lowest BCUT2D eigenvalue weighted by atomic mass is 10.1. The fourth-order valence-electron chi connectivity index (χ4n) is 3.67. The first-order chi connectivity index (χ1) is 12.9. The van der Waals surface area contributed by atoms with Gasteiger partial charge in [0.15, 0.2) is 0 Å². The molecule has 0 aliphatic carbocycles. The van der Waals surface area contributed by atoms with Crippen molar-refractivity contribution in [3.8, 4) is 0 Å². The molecular formula is C18H28N4O5S. The Balaban J connectivity index is 1.71. The van der Waals surface area contributed by atoms with Crippen molar-refractivity contribution in [3.05, 3.63) is 21.6 Å². The number of aromatic nitrogens is 2. The monoisotopic (exact) mass is 412 g/mol. The van der Waals surface area contributed by atoms with E-state index in [0.29, 0.717) is 43.9 Å². The third-order valence-electron chi connectivity index (χ3n) is 4.95. The first-order valence-corrected chi connectivity index (χ1v) is 11.4. The molecule has 0 aromatic carbocycles. The number of nitrogens with zero attached hydrogens (tertiary/aromatic N) is 3. The topological polar surface area (TPSA) is 113 Å². The second kappa shape index (κ2) is 7.47. The van der Waals surface area contributed by atoms with E-state index in [1.165, 1.54) is 0 Å². The zero-order valence-corrected chi connectivity index (χ0v) is 17.6. The predicted octanol–water partition coefficient (Wildman–Crippen LogP) is 0.931. The third-order valence-corrected chi connectivity index (χ3v) is 5.85. The minimum atomic E-state index is -3.56. The molecule has 1 amide bonds. The third kappa shape index (κ3) is 4.72. The van der Waals surface area contributed by atoms with Gasteiger partial charge in [-0.2, -0.15) is 0 Å². The Morgan fingerprint density at radius 3 is 2.68 bits per heavy atom. The predicted molar refractivity (Wildman–Crippen MR) is 103 cm³/mol. The summed E-state index contributed by atoms with van der Waals surface area (Å²) < 4.78 is 28.9. The van der Waals surface area contributed by atoms with Crippen molar-refractivity contribution in [2.75, 3.05) is 25.9 Å². The molecule has 1 unspecified atom stereocenters. The van der Waals surface area contributed by atoms with Crippen LogP contribution in [0.15, 0.2) is 9.95 Å². The number of nitrogens with one attached hydrogen (secondary N) is 1. The lowest BCUT2D eigenvalue weighted by Crippen LogP contribution is -2.47. The zero-order chi connectivity index (χ0) is 20.7. The first kappa shape index (κ1) is 20.8. The number of rotatable bonds is 3. The highest BCUT2D eigenvalue weighted by atomic mass is 32.2. The first-order valence-electron chi connectivity index (χ1n) is 9.48. The molecule has 0 radical (unpaired) electrons. The Hall–Kier alpha value is -1.94. The normalized spacial score (nSPS) is 20.9. The van der Waals surface area contributed by atoms with Gasteiger partial charge in [-0.15, -0.1) is 0 Å². The summed E-state index contributed by atoms with van der Waals surface area (Å²) in [6.07, 6.45) is 3.04. The van der Waals surface area contributed by atoms with Gasteiger partial charge in [0.05, 0.1) is 11.3 Å². The van der Waals surface area contributed by atoms with E-state index in [1.54, 1.807) is 4.90 Å². The Bertz CT molecular complexity index is 919. The molecule has 1 fully saturated rings. The van der Waals surface area contributed by atoms with Gasteiger partial charge in [-0.1, -0.05) is 0 Å². The van der Waals surface area contributed by atoms with Crippen molar-refractivity contribution in [1.29, 1.82) is 0 Å². The van der Waals surface area contributed by atoms with Gasteiger partial charge in [0.25, 0.3) is 5.56 Å². The van der Waals surface area contributed by atoms with Crippen molar-refractivity contribution in [3.63, 3.8) is 0 Å². The number of fused-ring (bicyclic) bond motifs is 1. The van der Waals surface area contributed by atoms with E-state index >= 15 is 0 Å². The summed E-state index contributed by atoms with van der Waals surface area (Å²) in [5.41, 5.74) is 0.0896. The van der Waals surface area contributed by atoms with Crippen LogP contribution in [0.3, 0.4) is 0 Å². The number of amides is 1. The van der Waals surface area contributed by atoms with E-state index in [1.807, 2.05) is 20.8 Å². The lowest BCUT2D eigenvalue weighted by Gasteiger charge is -2.34. The molecule has 0 saturated carbocycles. The van der Waals surface area contributed by atoms with Gasteiger partial charge in [0, 0.05) is 44.9 Å². The van der Waals surface area contributed by atoms with Gasteiger partial charge < -0.3 is 9.64 Å². The standard InChI is InChI=1S/C18H28N4O5S/c1-18(2,3)27-17(24)22-8-5-6-12(22)10-21-9-7-14-13(11-21)15(23)20-16(19-14)28(4,25)26/h12H,5-11H2,1-4H3,(H,19,20,23). The summed E-state index contributed by atoms with van der Waals surface area (Å²) in [6, 6.07) is 0.0405. The summed E-state index contributed by atoms with van der Waals surface area (Å²) in [7, 11) is -3.56. The Morgan fingerprint density at radius 2 is 2.04 bits per heavy atom. The summed E-state index contributed by atoms with van der Waals surface area (Å²) in [5.74, 6) is 0. The molecule has 2 aliphatic rings. The number of hydrogen-bond donors (Lipinski definition) is 1. The number of carbonyl (C=O) groups is 1. The lowest BCUT2D eigenvalue weighted by molar-refractivity contribution is 0.0191. The zero-order valence-electron chi connectivity index (χ0n) is 16.8. The second-order valence-corrected chi connectivity index (χ2v) is 10.5. The van der Waals surface area contributed by atoms with Crippen LogP contribution in [0.1, 0.15) is 44.9 Å². The van der Waals surface area contributed by atoms with Crippen LogP contribution in [0.2, 0.25) is 0 Å². The van der Waals surface area contributed by atoms with Crippen molar-refractivity contribution in [1.82, 2.24) is 19.8 Å². The van der Waals surface area contributed by atoms with Crippen LogP contribution in [0.25, 0.3) is 0 Å². The minimum absolute atomic E-state index is 0.0405. The number of hydrogen-bond acceptors (Lipinski definition) is 7. The maximum Gasteiger partial charge on any atom is 0.410 e. The van der Waals surface area contributed by atoms with Crippen molar-refractivity contribution < 1.29 is 17.9 Å². The largest absolute Gasteiger partial charge is 0.444 e. The van der Waals surface area contributed by atoms with E-state index in [9.17, 15) is 18.0 Å². The molecule has 0 bridgehead atoms. The number of H-pyrrole nitrogens is 1. The minimum Gasteiger partial charge on any atom is -0.444 e. The molecule has 1 N–H and O–H groups in total. The average Bonchev–Trinajstić information content (AvgIpc) is 3.01. The number of ether oxygens (including phenoxy) is 1. The van der Waals surface area contributed by atoms with Crippen LogP contribution in [-0.2, 0) is 27.5 Å². The molecule has 1 aromatic rings. The number of carbonyl (C=O) groups excluding carboxylic acids is 1. The quantitative estimate of drug-likeness (QED) is 0.735. The number of likely N-dealkylation sites (tertiary alicyclic amines) is 1. The Labute approximate surface area is 165 Å². The van der Waals surface area contributed by atoms with Crippen molar-refractivity contribution >= 4 is 15.9 Å². The highest BCUT2D eigenvalue weighted by Crippen LogP contribution is 2.23. The van der Waals surface area contributed by atoms with Crippen LogP contribution in [0, 0.1) is 0 Å². The second-order valence-electron chi connectivity index (χ2n) is 8.52. The molecule has 28 heavy (non-hydrogen) atoms. The van der Waals surface area contributed by atoms with Gasteiger partial charge in [-0.05, 0) is 33.6 Å². The SMILES string of the molecule is CC(C)(C)OC(=O)N1CCCC1CN1CCc2nc(S(C)(=O)=O)[nH]c(=O)c2C1. The van der Waals surface area contributed by atoms with Gasteiger partial charge in [0.1, 0.15) is 5.60 Å². The van der Waals surface area contributed by atoms with E-state index in [-0.39, 0.29) is 17.3 Å². The van der Waals surface area contributed by atoms with Gasteiger partial charge in [-0.3, -0.25) is 14.7 Å². The maximum atomic E-state index is 12.5. The van der Waals surface area contributed by atoms with Crippen molar-refractivity contribution in [2.24, 2.45) is 0 Å². The maximum absolute atomic E-state index is 12.5. The molecular weight excluding hydrogens is 384 g/mol. The molecule has 1 atom stereocenters. The van der Waals surface area contributed by atoms with E-state index in [4.69, 9.17) is 4.74 Å². The average molecular weight is 413 g/mol. The molecule has 0 spiro atoms. The van der Waals surface area contributed by atoms with E-state index in [0.717, 1.165) is 19.1 Å². The molecule has 3 heterocycles. The summed E-state index contributed by atoms with van der Waals surface area (Å²) in [6.45, 7) is 7.91.